The first-order valence-electron chi connectivity index (χ1n) is 9.69. The number of nitrogens with zero attached hydrogens (tertiary/aromatic N) is 3. The number of allylic oxidation sites excluding steroid dienone is 2. The van der Waals surface area contributed by atoms with Crippen molar-refractivity contribution in [2.24, 2.45) is 17.4 Å². The van der Waals surface area contributed by atoms with E-state index in [4.69, 9.17) is 16.2 Å². The maximum atomic E-state index is 6.10. The molecule has 5 N–H and O–H groups in total. The smallest absolute Gasteiger partial charge is 0.132 e. The molecule has 3 rings (SSSR count). The van der Waals surface area contributed by atoms with E-state index in [1.807, 2.05) is 24.4 Å². The summed E-state index contributed by atoms with van der Waals surface area (Å²) in [4.78, 5) is 11.4. The van der Waals surface area contributed by atoms with E-state index in [2.05, 4.69) is 53.9 Å². The van der Waals surface area contributed by atoms with E-state index in [9.17, 15) is 0 Å². The van der Waals surface area contributed by atoms with E-state index in [1.165, 1.54) is 0 Å². The fourth-order valence-corrected chi connectivity index (χ4v) is 3.13. The van der Waals surface area contributed by atoms with E-state index < -0.39 is 0 Å². The molecule has 1 aliphatic heterocycles. The van der Waals surface area contributed by atoms with Crippen LogP contribution in [0.2, 0.25) is 0 Å². The van der Waals surface area contributed by atoms with Crippen LogP contribution in [0.25, 0.3) is 11.0 Å². The van der Waals surface area contributed by atoms with Crippen LogP contribution in [-0.2, 0) is 4.74 Å². The summed E-state index contributed by atoms with van der Waals surface area (Å²) in [6, 6.07) is 5.86. The van der Waals surface area contributed by atoms with E-state index >= 15 is 0 Å². The van der Waals surface area contributed by atoms with Crippen molar-refractivity contribution in [3.63, 3.8) is 0 Å². The van der Waals surface area contributed by atoms with Crippen molar-refractivity contribution < 1.29 is 4.74 Å². The molecule has 7 nitrogen and oxygen atoms in total. The zero-order chi connectivity index (χ0) is 20.3. The molecule has 0 saturated carbocycles. The summed E-state index contributed by atoms with van der Waals surface area (Å²) >= 11 is 0. The standard InChI is InChI=1S/C21H30N6O/c1-13(2)15(9-22)7-20(23)26-21-6-5-18-19(25-21)8-16(10-24-18)27-11-17(12-27)28-14(3)4/h5-10,13-14,17H,11-12,22-23H2,1-4H3,(H,25,26)/b15-9+,20-7+. The van der Waals surface area contributed by atoms with Gasteiger partial charge >= 0.3 is 0 Å². The third-order valence-corrected chi connectivity index (χ3v) is 4.65. The molecule has 0 bridgehead atoms. The predicted molar refractivity (Wildman–Crippen MR) is 115 cm³/mol. The van der Waals surface area contributed by atoms with Crippen LogP contribution in [-0.4, -0.2) is 35.3 Å². The molecule has 0 amide bonds. The van der Waals surface area contributed by atoms with Gasteiger partial charge in [-0.05, 0) is 55.8 Å². The Labute approximate surface area is 166 Å². The summed E-state index contributed by atoms with van der Waals surface area (Å²) < 4.78 is 5.82. The second-order valence-corrected chi connectivity index (χ2v) is 7.69. The fraction of sp³-hybridized carbons (Fsp3) is 0.429. The molecule has 0 radical (unpaired) electrons. The van der Waals surface area contributed by atoms with Crippen LogP contribution in [0.3, 0.4) is 0 Å². The van der Waals surface area contributed by atoms with Crippen molar-refractivity contribution in [3.8, 4) is 0 Å². The Morgan fingerprint density at radius 2 is 2.00 bits per heavy atom. The van der Waals surface area contributed by atoms with Gasteiger partial charge in [-0.1, -0.05) is 13.8 Å². The van der Waals surface area contributed by atoms with Gasteiger partial charge in [-0.3, -0.25) is 4.98 Å². The first-order chi connectivity index (χ1) is 13.4. The molecule has 1 fully saturated rings. The minimum Gasteiger partial charge on any atom is -0.404 e. The highest BCUT2D eigenvalue weighted by atomic mass is 16.5. The molecule has 0 atom stereocenters. The number of hydrogen-bond donors (Lipinski definition) is 3. The first-order valence-corrected chi connectivity index (χ1v) is 9.69. The maximum Gasteiger partial charge on any atom is 0.132 e. The highest BCUT2D eigenvalue weighted by molar-refractivity contribution is 5.80. The average Bonchev–Trinajstić information content (AvgIpc) is 2.61. The lowest BCUT2D eigenvalue weighted by Crippen LogP contribution is -2.53. The molecule has 1 saturated heterocycles. The Kier molecular flexibility index (Phi) is 6.04. The third-order valence-electron chi connectivity index (χ3n) is 4.65. The van der Waals surface area contributed by atoms with Crippen LogP contribution >= 0.6 is 0 Å². The lowest BCUT2D eigenvalue weighted by atomic mass is 10.0. The largest absolute Gasteiger partial charge is 0.404 e. The van der Waals surface area contributed by atoms with Crippen LogP contribution in [0.5, 0.6) is 0 Å². The van der Waals surface area contributed by atoms with Crippen LogP contribution < -0.4 is 21.7 Å². The lowest BCUT2D eigenvalue weighted by Gasteiger charge is -2.41. The fourth-order valence-electron chi connectivity index (χ4n) is 3.13. The van der Waals surface area contributed by atoms with E-state index in [1.54, 1.807) is 6.20 Å². The molecule has 150 valence electrons. The van der Waals surface area contributed by atoms with Gasteiger partial charge in [0, 0.05) is 13.1 Å². The van der Waals surface area contributed by atoms with Crippen molar-refractivity contribution >= 4 is 22.5 Å². The van der Waals surface area contributed by atoms with Gasteiger partial charge in [0.2, 0.25) is 0 Å². The van der Waals surface area contributed by atoms with Crippen LogP contribution in [0.15, 0.2) is 48.1 Å². The SMILES string of the molecule is CC(C)OC1CN(c2cnc3ccc(N/C(N)=C/C(=C\N)C(C)C)nc3c2)C1. The first kappa shape index (κ1) is 19.9. The summed E-state index contributed by atoms with van der Waals surface area (Å²) in [6.45, 7) is 10.0. The number of aromatic nitrogens is 2. The minimum atomic E-state index is 0.251. The van der Waals surface area contributed by atoms with Crippen molar-refractivity contribution in [1.29, 1.82) is 0 Å². The Balaban J connectivity index is 1.73. The molecular formula is C21H30N6O. The summed E-state index contributed by atoms with van der Waals surface area (Å²) in [6.07, 6.45) is 5.83. The molecule has 0 spiro atoms. The predicted octanol–water partition coefficient (Wildman–Crippen LogP) is 2.95. The quantitative estimate of drug-likeness (QED) is 0.633. The number of nitrogens with one attached hydrogen (secondary N) is 1. The molecule has 3 heterocycles. The molecule has 0 aromatic carbocycles. The summed E-state index contributed by atoms with van der Waals surface area (Å²) in [5.41, 5.74) is 15.4. The van der Waals surface area contributed by atoms with Gasteiger partial charge in [0.15, 0.2) is 0 Å². The van der Waals surface area contributed by atoms with Crippen molar-refractivity contribution in [2.45, 2.75) is 39.9 Å². The Morgan fingerprint density at radius 3 is 2.64 bits per heavy atom. The number of ether oxygens (including phenoxy) is 1. The summed E-state index contributed by atoms with van der Waals surface area (Å²) in [5.74, 6) is 1.46. The van der Waals surface area contributed by atoms with Gasteiger partial charge in [0.05, 0.1) is 35.1 Å². The van der Waals surface area contributed by atoms with Gasteiger partial charge < -0.3 is 26.4 Å². The zero-order valence-corrected chi connectivity index (χ0v) is 17.0. The van der Waals surface area contributed by atoms with E-state index in [0.717, 1.165) is 35.4 Å². The molecule has 0 unspecified atom stereocenters. The number of anilines is 2. The number of fused-ring (bicyclic) bond motifs is 1. The van der Waals surface area contributed by atoms with Gasteiger partial charge in [0.1, 0.15) is 11.6 Å². The molecule has 2 aromatic rings. The van der Waals surface area contributed by atoms with Crippen LogP contribution in [0, 0.1) is 5.92 Å². The number of hydrogen-bond acceptors (Lipinski definition) is 7. The topological polar surface area (TPSA) is 102 Å². The monoisotopic (exact) mass is 382 g/mol. The highest BCUT2D eigenvalue weighted by Crippen LogP contribution is 2.25. The second-order valence-electron chi connectivity index (χ2n) is 7.69. The van der Waals surface area contributed by atoms with E-state index in [-0.39, 0.29) is 12.2 Å². The normalized spacial score (nSPS) is 16.1. The third kappa shape index (κ3) is 4.72. The van der Waals surface area contributed by atoms with Gasteiger partial charge in [-0.25, -0.2) is 4.98 Å². The van der Waals surface area contributed by atoms with Crippen molar-refractivity contribution in [3.05, 3.63) is 48.1 Å². The highest BCUT2D eigenvalue weighted by Gasteiger charge is 2.28. The van der Waals surface area contributed by atoms with Gasteiger partial charge in [-0.15, -0.1) is 0 Å². The molecule has 7 heteroatoms. The molecule has 2 aromatic heterocycles. The number of pyridine rings is 2. The molecule has 28 heavy (non-hydrogen) atoms. The van der Waals surface area contributed by atoms with Crippen LogP contribution in [0.1, 0.15) is 27.7 Å². The molecule has 1 aliphatic rings. The summed E-state index contributed by atoms with van der Waals surface area (Å²) in [7, 11) is 0. The van der Waals surface area contributed by atoms with Gasteiger partial charge in [-0.2, -0.15) is 0 Å². The molecular weight excluding hydrogens is 352 g/mol. The maximum absolute atomic E-state index is 6.10. The van der Waals surface area contributed by atoms with Crippen molar-refractivity contribution in [1.82, 2.24) is 9.97 Å². The number of nitrogens with two attached hydrogens (primary N) is 2. The zero-order valence-electron chi connectivity index (χ0n) is 17.0. The average molecular weight is 383 g/mol. The Morgan fingerprint density at radius 1 is 1.25 bits per heavy atom. The van der Waals surface area contributed by atoms with Gasteiger partial charge in [0.25, 0.3) is 0 Å². The minimum absolute atomic E-state index is 0.251. The Bertz CT molecular complexity index is 884. The number of rotatable bonds is 7. The molecule has 0 aliphatic carbocycles. The second kappa shape index (κ2) is 8.48. The lowest BCUT2D eigenvalue weighted by molar-refractivity contribution is -0.00719. The van der Waals surface area contributed by atoms with Crippen LogP contribution in [0.4, 0.5) is 11.5 Å². The van der Waals surface area contributed by atoms with E-state index in [0.29, 0.717) is 17.6 Å². The Hall–Kier alpha value is -2.80. The summed E-state index contributed by atoms with van der Waals surface area (Å²) in [5, 5.41) is 3.13. The van der Waals surface area contributed by atoms with Crippen molar-refractivity contribution in [2.75, 3.05) is 23.3 Å².